The van der Waals surface area contributed by atoms with Gasteiger partial charge in [0, 0.05) is 32.6 Å². The van der Waals surface area contributed by atoms with Gasteiger partial charge < -0.3 is 39.5 Å². The van der Waals surface area contributed by atoms with Crippen LogP contribution < -0.4 is 0 Å². The molecule has 9 nitrogen and oxygen atoms in total. The lowest BCUT2D eigenvalue weighted by atomic mass is 9.92. The fourth-order valence-corrected chi connectivity index (χ4v) is 3.86. The molecule has 1 amide bonds. The van der Waals surface area contributed by atoms with Crippen LogP contribution in [0.3, 0.4) is 0 Å². The number of aliphatic hydroxyl groups excluding tert-OH is 4. The third-order valence-electron chi connectivity index (χ3n) is 5.58. The number of rotatable bonds is 10. The van der Waals surface area contributed by atoms with Gasteiger partial charge in [0.05, 0.1) is 31.5 Å². The van der Waals surface area contributed by atoms with Crippen molar-refractivity contribution in [3.05, 3.63) is 0 Å². The van der Waals surface area contributed by atoms with Crippen molar-refractivity contribution in [3.63, 3.8) is 0 Å². The molecule has 4 N–H and O–H groups in total. The monoisotopic (exact) mass is 451 g/mol. The molecule has 2 aliphatic heterocycles. The molecule has 0 radical (unpaired) electrons. The molecule has 2 rings (SSSR count). The first-order chi connectivity index (χ1) is 14.4. The fourth-order valence-electron chi connectivity index (χ4n) is 3.86. The highest BCUT2D eigenvalue weighted by molar-refractivity contribution is 5.76. The normalized spacial score (nSPS) is 32.8. The van der Waals surface area contributed by atoms with Crippen molar-refractivity contribution in [3.8, 4) is 0 Å². The van der Waals surface area contributed by atoms with Crippen LogP contribution in [0.15, 0.2) is 0 Å². The van der Waals surface area contributed by atoms with E-state index in [1.165, 1.54) is 0 Å². The largest absolute Gasteiger partial charge is 0.394 e. The van der Waals surface area contributed by atoms with Crippen molar-refractivity contribution in [1.82, 2.24) is 4.90 Å². The smallest absolute Gasteiger partial charge is 0.222 e. The minimum absolute atomic E-state index is 0. The summed E-state index contributed by atoms with van der Waals surface area (Å²) in [5, 5.41) is 38.8. The maximum Gasteiger partial charge on any atom is 0.222 e. The summed E-state index contributed by atoms with van der Waals surface area (Å²) in [5.41, 5.74) is 0. The highest BCUT2D eigenvalue weighted by atomic mass is 16.7. The number of amides is 1. The Balaban J connectivity index is 0.00000291. The third kappa shape index (κ3) is 8.92. The minimum atomic E-state index is -1.13. The van der Waals surface area contributed by atoms with E-state index in [0.717, 1.165) is 19.3 Å². The van der Waals surface area contributed by atoms with Crippen molar-refractivity contribution in [2.24, 2.45) is 5.92 Å². The first-order valence-corrected chi connectivity index (χ1v) is 11.1. The quantitative estimate of drug-likeness (QED) is 0.361. The van der Waals surface area contributed by atoms with E-state index in [2.05, 4.69) is 0 Å². The molecular weight excluding hydrogens is 406 g/mol. The van der Waals surface area contributed by atoms with Gasteiger partial charge in [-0.05, 0) is 19.3 Å². The van der Waals surface area contributed by atoms with E-state index >= 15 is 0 Å². The van der Waals surface area contributed by atoms with Gasteiger partial charge in [-0.2, -0.15) is 0 Å². The molecule has 7 atom stereocenters. The fraction of sp³-hybridized carbons (Fsp3) is 0.955. The summed E-state index contributed by atoms with van der Waals surface area (Å²) < 4.78 is 16.3. The topological polar surface area (TPSA) is 129 Å². The van der Waals surface area contributed by atoms with Gasteiger partial charge in [-0.1, -0.05) is 34.6 Å². The van der Waals surface area contributed by atoms with E-state index in [1.807, 2.05) is 13.8 Å². The van der Waals surface area contributed by atoms with E-state index in [-0.39, 0.29) is 26.0 Å². The van der Waals surface area contributed by atoms with Gasteiger partial charge >= 0.3 is 0 Å². The molecule has 0 aromatic rings. The molecule has 0 aliphatic carbocycles. The van der Waals surface area contributed by atoms with Crippen molar-refractivity contribution in [1.29, 1.82) is 0 Å². The van der Waals surface area contributed by atoms with Crippen molar-refractivity contribution < 1.29 is 39.4 Å². The Morgan fingerprint density at radius 2 is 1.81 bits per heavy atom. The van der Waals surface area contributed by atoms with Gasteiger partial charge in [0.2, 0.25) is 5.91 Å². The molecule has 2 fully saturated rings. The van der Waals surface area contributed by atoms with Gasteiger partial charge in [0.15, 0.2) is 6.29 Å². The molecule has 0 saturated carbocycles. The number of carbonyl (C=O) groups is 1. The number of ether oxygens (including phenoxy) is 3. The number of nitrogens with zero attached hydrogens (tertiary/aromatic N) is 1. The average molecular weight is 452 g/mol. The summed E-state index contributed by atoms with van der Waals surface area (Å²) in [6.07, 6.45) is -0.936. The molecular formula is C22H45NO8. The summed E-state index contributed by atoms with van der Waals surface area (Å²) in [4.78, 5) is 14.1. The zero-order valence-electron chi connectivity index (χ0n) is 18.8. The van der Waals surface area contributed by atoms with Crippen LogP contribution in [0, 0.1) is 5.92 Å². The van der Waals surface area contributed by atoms with Crippen molar-refractivity contribution in [2.45, 2.75) is 97.0 Å². The van der Waals surface area contributed by atoms with Crippen molar-refractivity contribution in [2.75, 3.05) is 33.5 Å². The number of hydrogen-bond donors (Lipinski definition) is 4. The van der Waals surface area contributed by atoms with E-state index in [0.29, 0.717) is 32.6 Å². The second-order valence-electron chi connectivity index (χ2n) is 7.79. The van der Waals surface area contributed by atoms with Crippen LogP contribution in [-0.4, -0.2) is 101 Å². The maximum absolute atomic E-state index is 12.4. The predicted octanol–water partition coefficient (Wildman–Crippen LogP) is 0.909. The number of likely N-dealkylation sites (tertiary alicyclic amines) is 1. The minimum Gasteiger partial charge on any atom is -0.394 e. The molecule has 0 spiro atoms. The molecule has 2 aliphatic rings. The Kier molecular flexibility index (Phi) is 15.5. The molecule has 0 aromatic carbocycles. The van der Waals surface area contributed by atoms with Gasteiger partial charge in [0.1, 0.15) is 12.2 Å². The summed E-state index contributed by atoms with van der Waals surface area (Å²) in [6.45, 7) is 6.55. The van der Waals surface area contributed by atoms with Gasteiger partial charge in [0.25, 0.3) is 0 Å². The standard InChI is InChI=1S/C19H35NO8.C2H6.CH4/c1-12-17(24)18(25)15(10-21)28-19(12)27-7-5-3-4-6-16(23)20-9-14(22)8-13(20)11-26-2;1-2;/h12-15,17-19,21-22,24-25H,3-11H2,1-2H3;1-2H3;1H4/t12-,13-,14+,15?,17+,18-,19?;;/m0../s1. The zero-order chi connectivity index (χ0) is 22.7. The molecule has 9 heteroatoms. The molecule has 0 bridgehead atoms. The van der Waals surface area contributed by atoms with E-state index in [9.17, 15) is 25.2 Å². The Bertz CT molecular complexity index is 478. The van der Waals surface area contributed by atoms with Crippen LogP contribution in [0.2, 0.25) is 0 Å². The Labute approximate surface area is 187 Å². The lowest BCUT2D eigenvalue weighted by molar-refractivity contribution is -0.282. The van der Waals surface area contributed by atoms with Crippen LogP contribution >= 0.6 is 0 Å². The van der Waals surface area contributed by atoms with E-state index in [4.69, 9.17) is 14.2 Å². The number of β-amino-alcohol motifs (C(OH)–C–C–N with tert-alkyl or cyclic N) is 1. The van der Waals surface area contributed by atoms with Crippen LogP contribution in [0.4, 0.5) is 0 Å². The lowest BCUT2D eigenvalue weighted by Gasteiger charge is -2.40. The van der Waals surface area contributed by atoms with Crippen LogP contribution in [0.1, 0.15) is 60.3 Å². The molecule has 2 saturated heterocycles. The molecule has 2 heterocycles. The second kappa shape index (κ2) is 15.9. The Hall–Kier alpha value is -0.810. The molecule has 0 aromatic heterocycles. The highest BCUT2D eigenvalue weighted by Crippen LogP contribution is 2.27. The number of carbonyl (C=O) groups excluding carboxylic acids is 1. The van der Waals surface area contributed by atoms with Crippen LogP contribution in [0.5, 0.6) is 0 Å². The molecule has 31 heavy (non-hydrogen) atoms. The third-order valence-corrected chi connectivity index (χ3v) is 5.58. The second-order valence-corrected chi connectivity index (χ2v) is 7.79. The maximum atomic E-state index is 12.4. The number of hydrogen-bond acceptors (Lipinski definition) is 8. The summed E-state index contributed by atoms with van der Waals surface area (Å²) in [6, 6.07) is -0.0537. The van der Waals surface area contributed by atoms with Gasteiger partial charge in [-0.15, -0.1) is 0 Å². The summed E-state index contributed by atoms with van der Waals surface area (Å²) in [5.74, 6) is -0.370. The van der Waals surface area contributed by atoms with E-state index < -0.39 is 36.6 Å². The summed E-state index contributed by atoms with van der Waals surface area (Å²) in [7, 11) is 1.59. The first kappa shape index (κ1) is 30.2. The molecule has 2 unspecified atom stereocenters. The Morgan fingerprint density at radius 3 is 2.42 bits per heavy atom. The predicted molar refractivity (Wildman–Crippen MR) is 117 cm³/mol. The zero-order valence-corrected chi connectivity index (χ0v) is 18.8. The van der Waals surface area contributed by atoms with Gasteiger partial charge in [-0.3, -0.25) is 4.79 Å². The van der Waals surface area contributed by atoms with Gasteiger partial charge in [-0.25, -0.2) is 0 Å². The number of unbranched alkanes of at least 4 members (excludes halogenated alkanes) is 2. The van der Waals surface area contributed by atoms with Crippen LogP contribution in [-0.2, 0) is 19.0 Å². The SMILES string of the molecule is C.CC.COC[C@@H]1C[C@@H](O)CN1C(=O)CCCCCOC1OC(CO)[C@H](O)[C@H](O)[C@@H]1C. The van der Waals surface area contributed by atoms with E-state index in [1.54, 1.807) is 18.9 Å². The van der Waals surface area contributed by atoms with Crippen LogP contribution in [0.25, 0.3) is 0 Å². The Morgan fingerprint density at radius 1 is 1.13 bits per heavy atom. The average Bonchev–Trinajstić information content (AvgIpc) is 3.12. The number of methoxy groups -OCH3 is 1. The first-order valence-electron chi connectivity index (χ1n) is 11.1. The van der Waals surface area contributed by atoms with Crippen molar-refractivity contribution >= 4 is 5.91 Å². The highest BCUT2D eigenvalue weighted by Gasteiger charge is 2.42. The summed E-state index contributed by atoms with van der Waals surface area (Å²) >= 11 is 0. The lowest BCUT2D eigenvalue weighted by Crippen LogP contribution is -2.55. The molecule has 186 valence electrons. The number of aliphatic hydroxyl groups is 4.